The maximum absolute atomic E-state index is 12.9. The van der Waals surface area contributed by atoms with Crippen LogP contribution in [0.4, 0.5) is 0 Å². The minimum absolute atomic E-state index is 0.0301. The number of ether oxygens (including phenoxy) is 1. The number of hydrogen-bond donors (Lipinski definition) is 1. The van der Waals surface area contributed by atoms with Crippen LogP contribution in [0.3, 0.4) is 0 Å². The Morgan fingerprint density at radius 2 is 1.79 bits per heavy atom. The van der Waals surface area contributed by atoms with E-state index in [0.29, 0.717) is 15.8 Å². The highest BCUT2D eigenvalue weighted by Gasteiger charge is 2.27. The molecule has 0 aliphatic rings. The van der Waals surface area contributed by atoms with Crippen molar-refractivity contribution in [3.8, 4) is 5.75 Å². The lowest BCUT2D eigenvalue weighted by Gasteiger charge is -2.29. The average Bonchev–Trinajstić information content (AvgIpc) is 2.64. The first kappa shape index (κ1) is 22.1. The van der Waals surface area contributed by atoms with Crippen molar-refractivity contribution in [2.24, 2.45) is 0 Å². The van der Waals surface area contributed by atoms with Crippen LogP contribution < -0.4 is 10.1 Å². The Bertz CT molecular complexity index is 827. The fourth-order valence-corrected chi connectivity index (χ4v) is 3.01. The van der Waals surface area contributed by atoms with Crippen molar-refractivity contribution in [1.29, 1.82) is 0 Å². The van der Waals surface area contributed by atoms with Gasteiger partial charge in [-0.25, -0.2) is 0 Å². The van der Waals surface area contributed by atoms with E-state index in [2.05, 4.69) is 5.32 Å². The second-order valence-corrected chi connectivity index (χ2v) is 7.55. The molecule has 1 atom stereocenters. The largest absolute Gasteiger partial charge is 0.482 e. The third-order valence-electron chi connectivity index (χ3n) is 4.03. The Balaban J connectivity index is 2.17. The van der Waals surface area contributed by atoms with Crippen molar-refractivity contribution in [2.75, 3.05) is 6.61 Å². The highest BCUT2D eigenvalue weighted by molar-refractivity contribution is 6.32. The first-order valence-electron chi connectivity index (χ1n) is 8.99. The number of nitrogens with zero attached hydrogens (tertiary/aromatic N) is 1. The van der Waals surface area contributed by atoms with Crippen LogP contribution in [0.1, 0.15) is 26.3 Å². The summed E-state index contributed by atoms with van der Waals surface area (Å²) < 4.78 is 5.57. The van der Waals surface area contributed by atoms with E-state index >= 15 is 0 Å². The van der Waals surface area contributed by atoms with Gasteiger partial charge in [-0.05, 0) is 50.6 Å². The Labute approximate surface area is 175 Å². The van der Waals surface area contributed by atoms with E-state index in [9.17, 15) is 9.59 Å². The number of rotatable bonds is 8. The predicted molar refractivity (Wildman–Crippen MR) is 112 cm³/mol. The van der Waals surface area contributed by atoms with Crippen LogP contribution >= 0.6 is 23.2 Å². The quantitative estimate of drug-likeness (QED) is 0.688. The molecule has 5 nitrogen and oxygen atoms in total. The molecule has 7 heteroatoms. The lowest BCUT2D eigenvalue weighted by atomic mass is 10.1. The molecule has 0 radical (unpaired) electrons. The average molecular weight is 423 g/mol. The number of para-hydroxylation sites is 1. The second-order valence-electron chi connectivity index (χ2n) is 6.71. The van der Waals surface area contributed by atoms with E-state index in [1.165, 1.54) is 4.90 Å². The number of halogens is 2. The van der Waals surface area contributed by atoms with Crippen molar-refractivity contribution in [3.63, 3.8) is 0 Å². The lowest BCUT2D eigenvalue weighted by molar-refractivity contribution is -0.142. The van der Waals surface area contributed by atoms with Gasteiger partial charge in [-0.2, -0.15) is 0 Å². The second kappa shape index (κ2) is 10.3. The Morgan fingerprint density at radius 1 is 1.07 bits per heavy atom. The zero-order valence-corrected chi connectivity index (χ0v) is 17.6. The molecule has 0 saturated heterocycles. The van der Waals surface area contributed by atoms with Crippen LogP contribution in [0.2, 0.25) is 10.0 Å². The minimum Gasteiger partial charge on any atom is -0.482 e. The SMILES string of the molecule is CC(C)NC(=O)C(C)N(Cc1cccc(Cl)c1)C(=O)COc1ccccc1Cl. The molecule has 2 amide bonds. The van der Waals surface area contributed by atoms with E-state index in [0.717, 1.165) is 5.56 Å². The minimum atomic E-state index is -0.677. The van der Waals surface area contributed by atoms with Crippen molar-refractivity contribution >= 4 is 35.0 Å². The number of hydrogen-bond acceptors (Lipinski definition) is 3. The zero-order chi connectivity index (χ0) is 20.7. The number of benzene rings is 2. The Kier molecular flexibility index (Phi) is 8.15. The van der Waals surface area contributed by atoms with Gasteiger partial charge < -0.3 is 15.0 Å². The van der Waals surface area contributed by atoms with Crippen LogP contribution in [0, 0.1) is 0 Å². The first-order chi connectivity index (χ1) is 13.3. The fraction of sp³-hybridized carbons (Fsp3) is 0.333. The summed E-state index contributed by atoms with van der Waals surface area (Å²) in [4.78, 5) is 26.9. The van der Waals surface area contributed by atoms with Crippen molar-refractivity contribution in [3.05, 3.63) is 64.1 Å². The summed E-state index contributed by atoms with van der Waals surface area (Å²) in [6, 6.07) is 13.4. The molecule has 1 unspecified atom stereocenters. The monoisotopic (exact) mass is 422 g/mol. The molecule has 0 heterocycles. The van der Waals surface area contributed by atoms with Gasteiger partial charge in [0, 0.05) is 17.6 Å². The summed E-state index contributed by atoms with van der Waals surface area (Å²) in [5.41, 5.74) is 0.822. The van der Waals surface area contributed by atoms with Crippen molar-refractivity contribution in [1.82, 2.24) is 10.2 Å². The van der Waals surface area contributed by atoms with Gasteiger partial charge in [0.2, 0.25) is 5.91 Å². The molecule has 2 aromatic rings. The Morgan fingerprint density at radius 3 is 2.43 bits per heavy atom. The topological polar surface area (TPSA) is 58.6 Å². The molecule has 28 heavy (non-hydrogen) atoms. The van der Waals surface area contributed by atoms with Crippen LogP contribution in [0.15, 0.2) is 48.5 Å². The Hall–Kier alpha value is -2.24. The van der Waals surface area contributed by atoms with E-state index in [-0.39, 0.29) is 31.0 Å². The van der Waals surface area contributed by atoms with Gasteiger partial charge in [0.05, 0.1) is 5.02 Å². The van der Waals surface area contributed by atoms with Gasteiger partial charge in [-0.1, -0.05) is 47.5 Å². The molecule has 0 bridgehead atoms. The lowest BCUT2D eigenvalue weighted by Crippen LogP contribution is -2.50. The van der Waals surface area contributed by atoms with Gasteiger partial charge in [-0.15, -0.1) is 0 Å². The normalized spacial score (nSPS) is 11.8. The molecule has 0 spiro atoms. The highest BCUT2D eigenvalue weighted by Crippen LogP contribution is 2.23. The molecule has 0 saturated carbocycles. The molecule has 1 N–H and O–H groups in total. The summed E-state index contributed by atoms with van der Waals surface area (Å²) >= 11 is 12.1. The van der Waals surface area contributed by atoms with Crippen molar-refractivity contribution < 1.29 is 14.3 Å². The molecule has 0 aromatic heterocycles. The molecule has 2 rings (SSSR count). The van der Waals surface area contributed by atoms with Gasteiger partial charge in [0.1, 0.15) is 11.8 Å². The summed E-state index contributed by atoms with van der Waals surface area (Å²) in [7, 11) is 0. The summed E-state index contributed by atoms with van der Waals surface area (Å²) in [6.07, 6.45) is 0. The van der Waals surface area contributed by atoms with Crippen molar-refractivity contribution in [2.45, 2.75) is 39.4 Å². The van der Waals surface area contributed by atoms with E-state index in [1.807, 2.05) is 19.9 Å². The van der Waals surface area contributed by atoms with Crippen LogP contribution in [-0.2, 0) is 16.1 Å². The number of amides is 2. The predicted octanol–water partition coefficient (Wildman–Crippen LogP) is 4.31. The number of carbonyl (C=O) groups excluding carboxylic acids is 2. The van der Waals surface area contributed by atoms with Gasteiger partial charge in [0.15, 0.2) is 6.61 Å². The molecule has 0 aliphatic heterocycles. The van der Waals surface area contributed by atoms with E-state index in [4.69, 9.17) is 27.9 Å². The maximum Gasteiger partial charge on any atom is 0.261 e. The molecular weight excluding hydrogens is 399 g/mol. The molecule has 0 aliphatic carbocycles. The smallest absolute Gasteiger partial charge is 0.261 e. The standard InChI is InChI=1S/C21H24Cl2N2O3/c1-14(2)24-21(27)15(3)25(12-16-7-6-8-17(22)11-16)20(26)13-28-19-10-5-4-9-18(19)23/h4-11,14-15H,12-13H2,1-3H3,(H,24,27). The van der Waals surface area contributed by atoms with E-state index < -0.39 is 6.04 Å². The number of nitrogens with one attached hydrogen (secondary N) is 1. The van der Waals surface area contributed by atoms with Gasteiger partial charge in [0.25, 0.3) is 5.91 Å². The summed E-state index contributed by atoms with van der Waals surface area (Å²) in [5, 5.41) is 3.82. The zero-order valence-electron chi connectivity index (χ0n) is 16.1. The number of carbonyl (C=O) groups is 2. The molecule has 150 valence electrons. The first-order valence-corrected chi connectivity index (χ1v) is 9.75. The summed E-state index contributed by atoms with van der Waals surface area (Å²) in [5.74, 6) is -0.145. The highest BCUT2D eigenvalue weighted by atomic mass is 35.5. The molecule has 2 aromatic carbocycles. The third kappa shape index (κ3) is 6.43. The molecule has 0 fully saturated rings. The van der Waals surface area contributed by atoms with Gasteiger partial charge in [-0.3, -0.25) is 9.59 Å². The van der Waals surface area contributed by atoms with Crippen LogP contribution in [-0.4, -0.2) is 35.4 Å². The summed E-state index contributed by atoms with van der Waals surface area (Å²) in [6.45, 7) is 5.43. The van der Waals surface area contributed by atoms with Gasteiger partial charge >= 0.3 is 0 Å². The van der Waals surface area contributed by atoms with Crippen LogP contribution in [0.5, 0.6) is 5.75 Å². The van der Waals surface area contributed by atoms with Crippen LogP contribution in [0.25, 0.3) is 0 Å². The fourth-order valence-electron chi connectivity index (χ4n) is 2.60. The molecular formula is C21H24Cl2N2O3. The maximum atomic E-state index is 12.9. The third-order valence-corrected chi connectivity index (χ3v) is 4.58. The van der Waals surface area contributed by atoms with E-state index in [1.54, 1.807) is 49.4 Å².